The van der Waals surface area contributed by atoms with E-state index in [0.29, 0.717) is 17.8 Å². The minimum Gasteiger partial charge on any atom is -0.301 e. The van der Waals surface area contributed by atoms with Crippen molar-refractivity contribution in [1.82, 2.24) is 10.2 Å². The van der Waals surface area contributed by atoms with Crippen LogP contribution in [0.25, 0.3) is 0 Å². The third kappa shape index (κ3) is 4.00. The summed E-state index contributed by atoms with van der Waals surface area (Å²) in [6.07, 6.45) is -3.80. The van der Waals surface area contributed by atoms with Crippen molar-refractivity contribution in [2.75, 3.05) is 5.32 Å². The molecule has 0 spiro atoms. The number of carbonyl (C=O) groups excluding carboxylic acids is 1. The highest BCUT2D eigenvalue weighted by Crippen LogP contribution is 2.32. The van der Waals surface area contributed by atoms with E-state index in [1.165, 1.54) is 11.3 Å². The summed E-state index contributed by atoms with van der Waals surface area (Å²) in [5.74, 6) is -0.379. The number of carbonyl (C=O) groups is 1. The fraction of sp³-hybridized carbons (Fsp3) is 0.300. The lowest BCUT2D eigenvalue weighted by Gasteiger charge is -2.00. The molecule has 2 aromatic heterocycles. The number of nitrogens with zero attached hydrogens (tertiary/aromatic N) is 2. The topological polar surface area (TPSA) is 54.9 Å². The highest BCUT2D eigenvalue weighted by atomic mass is 32.1. The lowest BCUT2D eigenvalue weighted by atomic mass is 10.2. The molecule has 1 N–H and O–H groups in total. The van der Waals surface area contributed by atoms with Crippen molar-refractivity contribution < 1.29 is 18.0 Å². The molecule has 0 atom stereocenters. The lowest BCUT2D eigenvalue weighted by molar-refractivity contribution is -0.138. The SMILES string of the molecule is O=C(CCc1ccsc1)Nc1nnc(C(F)(F)F)s1. The molecule has 0 aromatic carbocycles. The van der Waals surface area contributed by atoms with E-state index >= 15 is 0 Å². The first-order valence-corrected chi connectivity index (χ1v) is 6.93. The molecule has 0 aliphatic heterocycles. The smallest absolute Gasteiger partial charge is 0.301 e. The Bertz CT molecular complexity index is 551. The molecule has 0 saturated heterocycles. The summed E-state index contributed by atoms with van der Waals surface area (Å²) in [6, 6.07) is 1.89. The van der Waals surface area contributed by atoms with Crippen molar-refractivity contribution in [2.45, 2.75) is 19.0 Å². The highest BCUT2D eigenvalue weighted by Gasteiger charge is 2.35. The fourth-order valence-electron chi connectivity index (χ4n) is 1.26. The lowest BCUT2D eigenvalue weighted by Crippen LogP contribution is -2.11. The van der Waals surface area contributed by atoms with Crippen molar-refractivity contribution in [3.05, 3.63) is 27.4 Å². The van der Waals surface area contributed by atoms with E-state index in [-0.39, 0.29) is 17.5 Å². The van der Waals surface area contributed by atoms with Gasteiger partial charge in [0.1, 0.15) is 0 Å². The molecule has 4 nitrogen and oxygen atoms in total. The summed E-state index contributed by atoms with van der Waals surface area (Å²) in [7, 11) is 0. The molecule has 2 aromatic rings. The van der Waals surface area contributed by atoms with Crippen LogP contribution in [-0.2, 0) is 17.4 Å². The minimum absolute atomic E-state index is 0.136. The normalized spacial score (nSPS) is 11.5. The van der Waals surface area contributed by atoms with Crippen LogP contribution in [0, 0.1) is 0 Å². The van der Waals surface area contributed by atoms with Gasteiger partial charge in [0.25, 0.3) is 0 Å². The maximum absolute atomic E-state index is 12.3. The number of aromatic nitrogens is 2. The van der Waals surface area contributed by atoms with Crippen LogP contribution in [0.4, 0.5) is 18.3 Å². The van der Waals surface area contributed by atoms with E-state index in [1.807, 2.05) is 16.8 Å². The van der Waals surface area contributed by atoms with Gasteiger partial charge in [-0.15, -0.1) is 10.2 Å². The third-order valence-corrected chi connectivity index (χ3v) is 3.75. The fourth-order valence-corrected chi connectivity index (χ4v) is 2.59. The van der Waals surface area contributed by atoms with Crippen LogP contribution in [0.2, 0.25) is 0 Å². The number of aryl methyl sites for hydroxylation is 1. The van der Waals surface area contributed by atoms with Gasteiger partial charge in [0.2, 0.25) is 16.0 Å². The van der Waals surface area contributed by atoms with Gasteiger partial charge in [-0.1, -0.05) is 11.3 Å². The second-order valence-electron chi connectivity index (χ2n) is 3.59. The molecule has 1 amide bonds. The number of halogens is 3. The number of nitrogens with one attached hydrogen (secondary N) is 1. The van der Waals surface area contributed by atoms with E-state index in [4.69, 9.17) is 0 Å². The molecule has 0 bridgehead atoms. The minimum atomic E-state index is -4.53. The van der Waals surface area contributed by atoms with Gasteiger partial charge < -0.3 is 5.32 Å². The van der Waals surface area contributed by atoms with Gasteiger partial charge in [-0.3, -0.25) is 4.79 Å². The van der Waals surface area contributed by atoms with Crippen molar-refractivity contribution in [3.8, 4) is 0 Å². The first kappa shape index (κ1) is 13.9. The number of hydrogen-bond acceptors (Lipinski definition) is 5. The van der Waals surface area contributed by atoms with Gasteiger partial charge in [0.05, 0.1) is 0 Å². The largest absolute Gasteiger partial charge is 0.445 e. The molecule has 9 heteroatoms. The molecule has 19 heavy (non-hydrogen) atoms. The Labute approximate surface area is 114 Å². The van der Waals surface area contributed by atoms with Gasteiger partial charge in [-0.2, -0.15) is 24.5 Å². The van der Waals surface area contributed by atoms with Crippen LogP contribution in [-0.4, -0.2) is 16.1 Å². The second-order valence-corrected chi connectivity index (χ2v) is 5.35. The summed E-state index contributed by atoms with van der Waals surface area (Å²) in [4.78, 5) is 11.5. The Kier molecular flexibility index (Phi) is 4.15. The predicted molar refractivity (Wildman–Crippen MR) is 66.2 cm³/mol. The van der Waals surface area contributed by atoms with Crippen LogP contribution in [0.15, 0.2) is 16.8 Å². The van der Waals surface area contributed by atoms with Crippen LogP contribution in [0.5, 0.6) is 0 Å². The van der Waals surface area contributed by atoms with E-state index in [0.717, 1.165) is 5.56 Å². The Morgan fingerprint density at radius 2 is 2.16 bits per heavy atom. The van der Waals surface area contributed by atoms with E-state index in [9.17, 15) is 18.0 Å². The molecular formula is C10H8F3N3OS2. The number of rotatable bonds is 4. The van der Waals surface area contributed by atoms with Crippen molar-refractivity contribution in [3.63, 3.8) is 0 Å². The Hall–Kier alpha value is -1.48. The zero-order valence-electron chi connectivity index (χ0n) is 9.40. The quantitative estimate of drug-likeness (QED) is 0.944. The number of hydrogen-bond donors (Lipinski definition) is 1. The van der Waals surface area contributed by atoms with Gasteiger partial charge in [0, 0.05) is 6.42 Å². The van der Waals surface area contributed by atoms with E-state index in [1.54, 1.807) is 0 Å². The Morgan fingerprint density at radius 1 is 1.37 bits per heavy atom. The molecule has 0 aliphatic carbocycles. The standard InChI is InChI=1S/C10H8F3N3OS2/c11-10(12,13)8-15-16-9(19-8)14-7(17)2-1-6-3-4-18-5-6/h3-5H,1-2H2,(H,14,16,17). The van der Waals surface area contributed by atoms with Crippen molar-refractivity contribution >= 4 is 33.7 Å². The summed E-state index contributed by atoms with van der Waals surface area (Å²) in [5.41, 5.74) is 1.02. The number of anilines is 1. The third-order valence-electron chi connectivity index (χ3n) is 2.13. The molecule has 2 rings (SSSR count). The number of amides is 1. The first-order chi connectivity index (χ1) is 8.95. The van der Waals surface area contributed by atoms with Crippen LogP contribution < -0.4 is 5.32 Å². The molecule has 0 saturated carbocycles. The monoisotopic (exact) mass is 307 g/mol. The Balaban J connectivity index is 1.87. The molecule has 0 unspecified atom stereocenters. The van der Waals surface area contributed by atoms with Crippen LogP contribution >= 0.6 is 22.7 Å². The zero-order valence-corrected chi connectivity index (χ0v) is 11.0. The number of thiophene rings is 1. The maximum atomic E-state index is 12.3. The maximum Gasteiger partial charge on any atom is 0.445 e. The van der Waals surface area contributed by atoms with Crippen molar-refractivity contribution in [2.24, 2.45) is 0 Å². The zero-order chi connectivity index (χ0) is 13.9. The van der Waals surface area contributed by atoms with Gasteiger partial charge in [-0.25, -0.2) is 0 Å². The van der Waals surface area contributed by atoms with Crippen LogP contribution in [0.3, 0.4) is 0 Å². The van der Waals surface area contributed by atoms with Gasteiger partial charge in [-0.05, 0) is 28.8 Å². The second kappa shape index (κ2) is 5.66. The molecule has 0 radical (unpaired) electrons. The highest BCUT2D eigenvalue weighted by molar-refractivity contribution is 7.15. The summed E-state index contributed by atoms with van der Waals surface area (Å²) < 4.78 is 36.8. The molecule has 102 valence electrons. The molecule has 0 aliphatic rings. The van der Waals surface area contributed by atoms with Crippen molar-refractivity contribution in [1.29, 1.82) is 0 Å². The van der Waals surface area contributed by atoms with Crippen LogP contribution in [0.1, 0.15) is 17.0 Å². The first-order valence-electron chi connectivity index (χ1n) is 5.17. The average Bonchev–Trinajstić information content (AvgIpc) is 2.95. The summed E-state index contributed by atoms with van der Waals surface area (Å²) in [6.45, 7) is 0. The van der Waals surface area contributed by atoms with Gasteiger partial charge in [0.15, 0.2) is 0 Å². The molecular weight excluding hydrogens is 299 g/mol. The predicted octanol–water partition coefficient (Wildman–Crippen LogP) is 3.19. The summed E-state index contributed by atoms with van der Waals surface area (Å²) in [5, 5.41) is 11.2. The summed E-state index contributed by atoms with van der Waals surface area (Å²) >= 11 is 1.84. The van der Waals surface area contributed by atoms with E-state index < -0.39 is 11.2 Å². The Morgan fingerprint density at radius 3 is 2.74 bits per heavy atom. The van der Waals surface area contributed by atoms with E-state index in [2.05, 4.69) is 15.5 Å². The number of alkyl halides is 3. The average molecular weight is 307 g/mol. The van der Waals surface area contributed by atoms with Gasteiger partial charge >= 0.3 is 6.18 Å². The molecule has 0 fully saturated rings. The molecule has 2 heterocycles.